The third-order valence-corrected chi connectivity index (χ3v) is 2.62. The molecule has 0 aromatic carbocycles. The highest BCUT2D eigenvalue weighted by atomic mass is 19.1. The second kappa shape index (κ2) is 6.64. The van der Waals surface area contributed by atoms with Gasteiger partial charge in [0, 0.05) is 25.4 Å². The van der Waals surface area contributed by atoms with Crippen LogP contribution in [0.5, 0.6) is 0 Å². The standard InChI is InChI=1S/C12H19FN2O2/c1-12(16,4-6-14-7-8-17-2)10-3-5-15-9-11(10)13/h3,5,9,14,16H,4,6-8H2,1-2H3. The van der Waals surface area contributed by atoms with E-state index in [0.29, 0.717) is 26.1 Å². The maximum Gasteiger partial charge on any atom is 0.147 e. The first-order valence-corrected chi connectivity index (χ1v) is 5.60. The summed E-state index contributed by atoms with van der Waals surface area (Å²) in [6, 6.07) is 1.50. The van der Waals surface area contributed by atoms with Gasteiger partial charge in [0.15, 0.2) is 0 Å². The summed E-state index contributed by atoms with van der Waals surface area (Å²) in [5.41, 5.74) is -0.909. The van der Waals surface area contributed by atoms with Crippen molar-refractivity contribution in [3.05, 3.63) is 29.8 Å². The molecule has 0 radical (unpaired) electrons. The highest BCUT2D eigenvalue weighted by Gasteiger charge is 2.25. The lowest BCUT2D eigenvalue weighted by molar-refractivity contribution is 0.0437. The fourth-order valence-corrected chi connectivity index (χ4v) is 1.58. The molecule has 0 aliphatic rings. The third kappa shape index (κ3) is 4.38. The van der Waals surface area contributed by atoms with Gasteiger partial charge in [0.25, 0.3) is 0 Å². The van der Waals surface area contributed by atoms with Crippen LogP contribution in [0.25, 0.3) is 0 Å². The fourth-order valence-electron chi connectivity index (χ4n) is 1.58. The van der Waals surface area contributed by atoms with Crippen LogP contribution in [0.1, 0.15) is 18.9 Å². The Labute approximate surface area is 101 Å². The van der Waals surface area contributed by atoms with Crippen LogP contribution in [-0.4, -0.2) is 36.9 Å². The molecule has 1 heterocycles. The zero-order valence-corrected chi connectivity index (χ0v) is 10.2. The van der Waals surface area contributed by atoms with Crippen LogP contribution in [-0.2, 0) is 10.3 Å². The molecule has 17 heavy (non-hydrogen) atoms. The van der Waals surface area contributed by atoms with Crippen molar-refractivity contribution in [1.82, 2.24) is 10.3 Å². The molecule has 0 amide bonds. The topological polar surface area (TPSA) is 54.4 Å². The highest BCUT2D eigenvalue weighted by molar-refractivity contribution is 5.20. The van der Waals surface area contributed by atoms with Crippen LogP contribution in [0.3, 0.4) is 0 Å². The van der Waals surface area contributed by atoms with E-state index in [0.717, 1.165) is 6.20 Å². The Morgan fingerprint density at radius 3 is 2.94 bits per heavy atom. The average Bonchev–Trinajstić information content (AvgIpc) is 2.29. The normalized spacial score (nSPS) is 14.6. The van der Waals surface area contributed by atoms with Crippen molar-refractivity contribution in [2.24, 2.45) is 0 Å². The van der Waals surface area contributed by atoms with Gasteiger partial charge in [-0.3, -0.25) is 4.98 Å². The van der Waals surface area contributed by atoms with E-state index >= 15 is 0 Å². The minimum atomic E-state index is -1.19. The Balaban J connectivity index is 2.48. The van der Waals surface area contributed by atoms with Crippen molar-refractivity contribution < 1.29 is 14.2 Å². The molecule has 1 aromatic heterocycles. The second-order valence-electron chi connectivity index (χ2n) is 4.12. The summed E-state index contributed by atoms with van der Waals surface area (Å²) in [4.78, 5) is 3.66. The molecule has 1 unspecified atom stereocenters. The number of hydrogen-bond donors (Lipinski definition) is 2. The predicted molar refractivity (Wildman–Crippen MR) is 63.1 cm³/mol. The minimum absolute atomic E-state index is 0.279. The molecule has 1 aromatic rings. The van der Waals surface area contributed by atoms with E-state index < -0.39 is 11.4 Å². The van der Waals surface area contributed by atoms with Crippen LogP contribution in [0.15, 0.2) is 18.5 Å². The Kier molecular flexibility index (Phi) is 5.47. The lowest BCUT2D eigenvalue weighted by Crippen LogP contribution is -2.30. The number of rotatable bonds is 7. The number of aromatic nitrogens is 1. The molecule has 4 nitrogen and oxygen atoms in total. The van der Waals surface area contributed by atoms with E-state index in [1.165, 1.54) is 12.3 Å². The van der Waals surface area contributed by atoms with Crippen molar-refractivity contribution in [2.75, 3.05) is 26.8 Å². The maximum atomic E-state index is 13.5. The Bertz CT molecular complexity index is 345. The summed E-state index contributed by atoms with van der Waals surface area (Å²) in [6.45, 7) is 3.53. The first-order chi connectivity index (χ1) is 8.08. The van der Waals surface area contributed by atoms with Crippen LogP contribution in [0.2, 0.25) is 0 Å². The van der Waals surface area contributed by atoms with Crippen molar-refractivity contribution in [1.29, 1.82) is 0 Å². The molecule has 0 saturated carbocycles. The third-order valence-electron chi connectivity index (χ3n) is 2.62. The summed E-state index contributed by atoms with van der Waals surface area (Å²) in [5, 5.41) is 13.3. The number of nitrogens with one attached hydrogen (secondary N) is 1. The summed E-state index contributed by atoms with van der Waals surface area (Å²) >= 11 is 0. The van der Waals surface area contributed by atoms with Gasteiger partial charge in [-0.25, -0.2) is 4.39 Å². The molecule has 0 fully saturated rings. The van der Waals surface area contributed by atoms with Crippen molar-refractivity contribution in [3.63, 3.8) is 0 Å². The number of aliphatic hydroxyl groups is 1. The Hall–Kier alpha value is -1.04. The van der Waals surface area contributed by atoms with E-state index in [1.807, 2.05) is 0 Å². The quantitative estimate of drug-likeness (QED) is 0.702. The van der Waals surface area contributed by atoms with Gasteiger partial charge in [-0.15, -0.1) is 0 Å². The first kappa shape index (κ1) is 14.0. The predicted octanol–water partition coefficient (Wildman–Crippen LogP) is 1.05. The zero-order valence-electron chi connectivity index (χ0n) is 10.2. The van der Waals surface area contributed by atoms with Gasteiger partial charge in [-0.05, 0) is 26.0 Å². The molecule has 0 aliphatic carbocycles. The molecular weight excluding hydrogens is 223 g/mol. The molecule has 5 heteroatoms. The van der Waals surface area contributed by atoms with Gasteiger partial charge in [0.1, 0.15) is 5.82 Å². The van der Waals surface area contributed by atoms with Gasteiger partial charge < -0.3 is 15.2 Å². The fraction of sp³-hybridized carbons (Fsp3) is 0.583. The van der Waals surface area contributed by atoms with Gasteiger partial charge >= 0.3 is 0 Å². The highest BCUT2D eigenvalue weighted by Crippen LogP contribution is 2.25. The molecular formula is C12H19FN2O2. The number of nitrogens with zero attached hydrogens (tertiary/aromatic N) is 1. The lowest BCUT2D eigenvalue weighted by Gasteiger charge is -2.24. The molecule has 1 atom stereocenters. The van der Waals surface area contributed by atoms with E-state index in [9.17, 15) is 9.50 Å². The molecule has 0 spiro atoms. The molecule has 0 saturated heterocycles. The van der Waals surface area contributed by atoms with Crippen LogP contribution < -0.4 is 5.32 Å². The van der Waals surface area contributed by atoms with E-state index in [-0.39, 0.29) is 5.56 Å². The largest absolute Gasteiger partial charge is 0.385 e. The number of ether oxygens (including phenoxy) is 1. The van der Waals surface area contributed by atoms with Gasteiger partial charge in [0.2, 0.25) is 0 Å². The smallest absolute Gasteiger partial charge is 0.147 e. The van der Waals surface area contributed by atoms with Crippen molar-refractivity contribution in [2.45, 2.75) is 18.9 Å². The van der Waals surface area contributed by atoms with Gasteiger partial charge in [-0.2, -0.15) is 0 Å². The molecule has 96 valence electrons. The van der Waals surface area contributed by atoms with Crippen LogP contribution in [0, 0.1) is 5.82 Å². The lowest BCUT2D eigenvalue weighted by atomic mass is 9.93. The maximum absolute atomic E-state index is 13.5. The van der Waals surface area contributed by atoms with Crippen molar-refractivity contribution >= 4 is 0 Å². The SMILES string of the molecule is COCCNCCC(C)(O)c1ccncc1F. The van der Waals surface area contributed by atoms with Crippen LogP contribution in [0.4, 0.5) is 4.39 Å². The number of hydrogen-bond acceptors (Lipinski definition) is 4. The van der Waals surface area contributed by atoms with E-state index in [2.05, 4.69) is 10.3 Å². The van der Waals surface area contributed by atoms with Crippen molar-refractivity contribution in [3.8, 4) is 0 Å². The van der Waals surface area contributed by atoms with Gasteiger partial charge in [0.05, 0.1) is 18.4 Å². The van der Waals surface area contributed by atoms with E-state index in [4.69, 9.17) is 4.74 Å². The summed E-state index contributed by atoms with van der Waals surface area (Å²) in [5.74, 6) is -0.477. The number of methoxy groups -OCH3 is 1. The van der Waals surface area contributed by atoms with Gasteiger partial charge in [-0.1, -0.05) is 0 Å². The summed E-state index contributed by atoms with van der Waals surface area (Å²) < 4.78 is 18.3. The number of pyridine rings is 1. The minimum Gasteiger partial charge on any atom is -0.385 e. The zero-order chi connectivity index (χ0) is 12.7. The average molecular weight is 242 g/mol. The molecule has 1 rings (SSSR count). The Morgan fingerprint density at radius 2 is 2.29 bits per heavy atom. The molecule has 0 aliphatic heterocycles. The summed E-state index contributed by atoms with van der Waals surface area (Å²) in [6.07, 6.45) is 3.02. The number of halogens is 1. The van der Waals surface area contributed by atoms with Crippen LogP contribution >= 0.6 is 0 Å². The Morgan fingerprint density at radius 1 is 1.53 bits per heavy atom. The second-order valence-corrected chi connectivity index (χ2v) is 4.12. The molecule has 0 bridgehead atoms. The molecule has 2 N–H and O–H groups in total. The summed E-state index contributed by atoms with van der Waals surface area (Å²) in [7, 11) is 1.63. The monoisotopic (exact) mass is 242 g/mol. The van der Waals surface area contributed by atoms with E-state index in [1.54, 1.807) is 14.0 Å². The first-order valence-electron chi connectivity index (χ1n) is 5.60.